The number of nitrogens with one attached hydrogen (secondary N) is 1. The van der Waals surface area contributed by atoms with Crippen molar-refractivity contribution in [2.75, 3.05) is 13.2 Å². The molecule has 0 saturated heterocycles. The van der Waals surface area contributed by atoms with Gasteiger partial charge in [-0.05, 0) is 36.9 Å². The third-order valence-electron chi connectivity index (χ3n) is 4.10. The van der Waals surface area contributed by atoms with E-state index in [2.05, 4.69) is 49.5 Å². The number of rotatable bonds is 8. The lowest BCUT2D eigenvalue weighted by Crippen LogP contribution is -2.23. The molecule has 3 heteroatoms. The third kappa shape index (κ3) is 4.26. The highest BCUT2D eigenvalue weighted by Gasteiger charge is 2.06. The van der Waals surface area contributed by atoms with Gasteiger partial charge in [0.1, 0.15) is 0 Å². The highest BCUT2D eigenvalue weighted by atomic mass is 16.3. The number of hydrogen-bond donors (Lipinski definition) is 2. The zero-order valence-corrected chi connectivity index (χ0v) is 13.1. The number of aliphatic hydroxyl groups excluding tert-OH is 1. The molecule has 0 fully saturated rings. The fraction of sp³-hybridized carbons (Fsp3) is 0.500. The van der Waals surface area contributed by atoms with Crippen LogP contribution in [0.15, 0.2) is 30.3 Å². The lowest BCUT2D eigenvalue weighted by atomic mass is 10.0. The molecule has 114 valence electrons. The van der Waals surface area contributed by atoms with Gasteiger partial charge in [0.2, 0.25) is 0 Å². The summed E-state index contributed by atoms with van der Waals surface area (Å²) in [6.07, 6.45) is 2.98. The molecule has 0 aliphatic carbocycles. The van der Waals surface area contributed by atoms with Gasteiger partial charge >= 0.3 is 0 Å². The third-order valence-corrected chi connectivity index (χ3v) is 4.10. The molecule has 2 N–H and O–H groups in total. The molecule has 0 saturated carbocycles. The summed E-state index contributed by atoms with van der Waals surface area (Å²) in [7, 11) is 0. The van der Waals surface area contributed by atoms with E-state index in [1.54, 1.807) is 0 Å². The van der Waals surface area contributed by atoms with E-state index in [0.717, 1.165) is 43.6 Å². The van der Waals surface area contributed by atoms with Crippen molar-refractivity contribution in [2.24, 2.45) is 5.92 Å². The molecule has 0 aliphatic heterocycles. The Labute approximate surface area is 127 Å². The van der Waals surface area contributed by atoms with Gasteiger partial charge in [-0.2, -0.15) is 0 Å². The van der Waals surface area contributed by atoms with E-state index in [9.17, 15) is 0 Å². The molecule has 0 radical (unpaired) electrons. The van der Waals surface area contributed by atoms with E-state index < -0.39 is 0 Å². The van der Waals surface area contributed by atoms with Crippen LogP contribution in [0.4, 0.5) is 0 Å². The normalized spacial score (nSPS) is 12.7. The van der Waals surface area contributed by atoms with Crippen LogP contribution >= 0.6 is 0 Å². The largest absolute Gasteiger partial charge is 0.396 e. The number of fused-ring (bicyclic) bond motifs is 1. The van der Waals surface area contributed by atoms with E-state index in [-0.39, 0.29) is 6.61 Å². The molecule has 1 unspecified atom stereocenters. The van der Waals surface area contributed by atoms with Gasteiger partial charge in [0.15, 0.2) is 0 Å². The van der Waals surface area contributed by atoms with Gasteiger partial charge in [-0.1, -0.05) is 44.5 Å². The molecule has 3 nitrogen and oxygen atoms in total. The molecule has 2 rings (SSSR count). The van der Waals surface area contributed by atoms with Crippen molar-refractivity contribution in [1.82, 2.24) is 10.3 Å². The number of nitrogens with zero attached hydrogens (tertiary/aromatic N) is 1. The average molecular weight is 286 g/mol. The van der Waals surface area contributed by atoms with Crippen LogP contribution in [0.5, 0.6) is 0 Å². The molecular formula is C18H26N2O. The number of hydrogen-bond acceptors (Lipinski definition) is 3. The topological polar surface area (TPSA) is 45.1 Å². The summed E-state index contributed by atoms with van der Waals surface area (Å²) in [5.41, 5.74) is 3.52. The molecule has 0 spiro atoms. The van der Waals surface area contributed by atoms with Gasteiger partial charge in [0, 0.05) is 18.5 Å². The van der Waals surface area contributed by atoms with Crippen LogP contribution in [-0.2, 0) is 13.0 Å². The molecule has 0 bridgehead atoms. The van der Waals surface area contributed by atoms with Gasteiger partial charge < -0.3 is 10.4 Å². The maximum Gasteiger partial charge on any atom is 0.0737 e. The summed E-state index contributed by atoms with van der Waals surface area (Å²) in [5, 5.41) is 13.7. The predicted molar refractivity (Wildman–Crippen MR) is 88.3 cm³/mol. The van der Waals surface area contributed by atoms with Crippen LogP contribution in [0.3, 0.4) is 0 Å². The van der Waals surface area contributed by atoms with Gasteiger partial charge in [0.05, 0.1) is 11.2 Å². The summed E-state index contributed by atoms with van der Waals surface area (Å²) >= 11 is 0. The van der Waals surface area contributed by atoms with Crippen LogP contribution in [-0.4, -0.2) is 23.2 Å². The number of aryl methyl sites for hydroxylation is 1. The number of pyridine rings is 1. The molecule has 1 aromatic heterocycles. The Morgan fingerprint density at radius 2 is 2.05 bits per heavy atom. The minimum absolute atomic E-state index is 0.272. The maximum absolute atomic E-state index is 9.02. The van der Waals surface area contributed by atoms with Crippen LogP contribution in [0.2, 0.25) is 0 Å². The van der Waals surface area contributed by atoms with Gasteiger partial charge in [-0.15, -0.1) is 0 Å². The summed E-state index contributed by atoms with van der Waals surface area (Å²) < 4.78 is 0. The van der Waals surface area contributed by atoms with Gasteiger partial charge in [-0.3, -0.25) is 4.98 Å². The smallest absolute Gasteiger partial charge is 0.0737 e. The summed E-state index contributed by atoms with van der Waals surface area (Å²) in [6, 6.07) is 10.6. The Morgan fingerprint density at radius 1 is 1.19 bits per heavy atom. The number of para-hydroxylation sites is 1. The van der Waals surface area contributed by atoms with Crippen molar-refractivity contribution in [3.05, 3.63) is 41.6 Å². The second-order valence-corrected chi connectivity index (χ2v) is 5.56. The van der Waals surface area contributed by atoms with Crippen molar-refractivity contribution in [3.63, 3.8) is 0 Å². The lowest BCUT2D eigenvalue weighted by molar-refractivity contribution is 0.251. The number of aromatic nitrogens is 1. The summed E-state index contributed by atoms with van der Waals surface area (Å²) in [4.78, 5) is 4.80. The minimum Gasteiger partial charge on any atom is -0.396 e. The van der Waals surface area contributed by atoms with Crippen LogP contribution in [0.1, 0.15) is 37.9 Å². The molecular weight excluding hydrogens is 260 g/mol. The van der Waals surface area contributed by atoms with Crippen LogP contribution in [0.25, 0.3) is 10.9 Å². The first-order chi connectivity index (χ1) is 10.3. The second kappa shape index (κ2) is 8.11. The molecule has 0 aliphatic rings. The van der Waals surface area contributed by atoms with E-state index in [1.807, 2.05) is 0 Å². The second-order valence-electron chi connectivity index (χ2n) is 5.56. The Balaban J connectivity index is 2.02. The SMILES string of the molecule is CCc1cccc2ccc(CNCC(CC)CCO)nc12. The van der Waals surface area contributed by atoms with Crippen molar-refractivity contribution < 1.29 is 5.11 Å². The molecule has 1 atom stereocenters. The summed E-state index contributed by atoms with van der Waals surface area (Å²) in [6.45, 7) is 6.34. The monoisotopic (exact) mass is 286 g/mol. The fourth-order valence-corrected chi connectivity index (χ4v) is 2.67. The number of benzene rings is 1. The van der Waals surface area contributed by atoms with Crippen LogP contribution < -0.4 is 5.32 Å². The average Bonchev–Trinajstić information content (AvgIpc) is 2.53. The first kappa shape index (κ1) is 15.9. The predicted octanol–water partition coefficient (Wildman–Crippen LogP) is 3.30. The quantitative estimate of drug-likeness (QED) is 0.782. The summed E-state index contributed by atoms with van der Waals surface area (Å²) in [5.74, 6) is 0.543. The minimum atomic E-state index is 0.272. The van der Waals surface area contributed by atoms with Crippen molar-refractivity contribution in [2.45, 2.75) is 39.7 Å². The Bertz CT molecular complexity index is 568. The molecule has 2 aromatic rings. The molecule has 21 heavy (non-hydrogen) atoms. The Hall–Kier alpha value is -1.45. The van der Waals surface area contributed by atoms with Crippen molar-refractivity contribution in [1.29, 1.82) is 0 Å². The van der Waals surface area contributed by atoms with E-state index in [1.165, 1.54) is 10.9 Å². The van der Waals surface area contributed by atoms with Crippen molar-refractivity contribution in [3.8, 4) is 0 Å². The molecule has 1 aromatic carbocycles. The van der Waals surface area contributed by atoms with Crippen molar-refractivity contribution >= 4 is 10.9 Å². The molecule has 0 amide bonds. The molecule has 1 heterocycles. The van der Waals surface area contributed by atoms with E-state index in [4.69, 9.17) is 10.1 Å². The van der Waals surface area contributed by atoms with Gasteiger partial charge in [-0.25, -0.2) is 0 Å². The van der Waals surface area contributed by atoms with E-state index >= 15 is 0 Å². The highest BCUT2D eigenvalue weighted by molar-refractivity contribution is 5.81. The van der Waals surface area contributed by atoms with Gasteiger partial charge in [0.25, 0.3) is 0 Å². The fourth-order valence-electron chi connectivity index (χ4n) is 2.67. The standard InChI is InChI=1S/C18H26N2O/c1-3-14(10-11-21)12-19-13-17-9-8-16-7-5-6-15(4-2)18(16)20-17/h5-9,14,19,21H,3-4,10-13H2,1-2H3. The maximum atomic E-state index is 9.02. The van der Waals surface area contributed by atoms with E-state index in [0.29, 0.717) is 5.92 Å². The first-order valence-electron chi connectivity index (χ1n) is 7.97. The zero-order valence-electron chi connectivity index (χ0n) is 13.1. The first-order valence-corrected chi connectivity index (χ1v) is 7.97. The van der Waals surface area contributed by atoms with Crippen LogP contribution in [0, 0.1) is 5.92 Å². The number of aliphatic hydroxyl groups is 1. The lowest BCUT2D eigenvalue weighted by Gasteiger charge is -2.14. The highest BCUT2D eigenvalue weighted by Crippen LogP contribution is 2.18. The Morgan fingerprint density at radius 3 is 2.76 bits per heavy atom. The zero-order chi connectivity index (χ0) is 15.1. The Kier molecular flexibility index (Phi) is 6.15.